The Kier molecular flexibility index (Phi) is 4.56. The van der Waals surface area contributed by atoms with Gasteiger partial charge in [0, 0.05) is 19.5 Å². The van der Waals surface area contributed by atoms with Gasteiger partial charge in [-0.25, -0.2) is 0 Å². The molecule has 0 saturated heterocycles. The Morgan fingerprint density at radius 1 is 1.47 bits per heavy atom. The Hall–Kier alpha value is -1.04. The highest BCUT2D eigenvalue weighted by molar-refractivity contribution is 5.12. The number of halogens is 3. The van der Waals surface area contributed by atoms with Crippen LogP contribution < -0.4 is 5.32 Å². The van der Waals surface area contributed by atoms with Gasteiger partial charge in [0.05, 0.1) is 11.4 Å². The zero-order valence-corrected chi connectivity index (χ0v) is 10.3. The molecule has 0 fully saturated rings. The van der Waals surface area contributed by atoms with Crippen molar-refractivity contribution in [2.24, 2.45) is 7.05 Å². The summed E-state index contributed by atoms with van der Waals surface area (Å²) in [6, 6.07) is 1.82. The van der Waals surface area contributed by atoms with Crippen molar-refractivity contribution in [1.82, 2.24) is 15.1 Å². The fourth-order valence-corrected chi connectivity index (χ4v) is 1.90. The van der Waals surface area contributed by atoms with Gasteiger partial charge in [0.15, 0.2) is 0 Å². The molecule has 1 atom stereocenters. The molecule has 0 aliphatic carbocycles. The smallest absolute Gasteiger partial charge is 0.312 e. The van der Waals surface area contributed by atoms with E-state index in [1.807, 2.05) is 13.0 Å². The third-order valence-electron chi connectivity index (χ3n) is 2.70. The first-order valence-corrected chi connectivity index (χ1v) is 5.58. The number of aromatic nitrogens is 2. The van der Waals surface area contributed by atoms with Crippen LogP contribution in [0.3, 0.4) is 0 Å². The number of rotatable bonds is 5. The second-order valence-electron chi connectivity index (χ2n) is 4.18. The lowest BCUT2D eigenvalue weighted by Gasteiger charge is -2.16. The summed E-state index contributed by atoms with van der Waals surface area (Å²) in [4.78, 5) is 0. The number of alkyl halides is 3. The summed E-state index contributed by atoms with van der Waals surface area (Å²) in [7, 11) is 3.55. The van der Waals surface area contributed by atoms with Gasteiger partial charge < -0.3 is 5.32 Å². The largest absolute Gasteiger partial charge is 0.389 e. The van der Waals surface area contributed by atoms with E-state index < -0.39 is 12.6 Å². The Balaban J connectivity index is 2.57. The second-order valence-corrected chi connectivity index (χ2v) is 4.18. The quantitative estimate of drug-likeness (QED) is 0.869. The van der Waals surface area contributed by atoms with E-state index >= 15 is 0 Å². The Morgan fingerprint density at radius 3 is 2.53 bits per heavy atom. The maximum absolute atomic E-state index is 12.1. The number of hydrogen-bond donors (Lipinski definition) is 1. The second kappa shape index (κ2) is 5.53. The lowest BCUT2D eigenvalue weighted by Crippen LogP contribution is -2.20. The third kappa shape index (κ3) is 4.38. The summed E-state index contributed by atoms with van der Waals surface area (Å²) in [5, 5.41) is 7.22. The first-order valence-electron chi connectivity index (χ1n) is 5.58. The van der Waals surface area contributed by atoms with Crippen LogP contribution in [0.15, 0.2) is 6.07 Å². The van der Waals surface area contributed by atoms with Gasteiger partial charge in [-0.05, 0) is 32.9 Å². The van der Waals surface area contributed by atoms with Crippen LogP contribution in [0, 0.1) is 6.92 Å². The minimum atomic E-state index is -4.07. The van der Waals surface area contributed by atoms with Gasteiger partial charge in [-0.15, -0.1) is 0 Å². The van der Waals surface area contributed by atoms with Crippen molar-refractivity contribution in [3.8, 4) is 0 Å². The van der Waals surface area contributed by atoms with Crippen LogP contribution in [0.4, 0.5) is 13.2 Å². The molecule has 17 heavy (non-hydrogen) atoms. The maximum Gasteiger partial charge on any atom is 0.389 e. The monoisotopic (exact) mass is 249 g/mol. The Labute approximate surface area is 99.0 Å². The molecule has 3 nitrogen and oxygen atoms in total. The molecule has 1 unspecified atom stereocenters. The van der Waals surface area contributed by atoms with E-state index in [4.69, 9.17) is 0 Å². The molecule has 1 heterocycles. The molecule has 98 valence electrons. The average molecular weight is 249 g/mol. The summed E-state index contributed by atoms with van der Waals surface area (Å²) in [5.41, 5.74) is 1.80. The van der Waals surface area contributed by atoms with Gasteiger partial charge in [0.2, 0.25) is 0 Å². The SMILES string of the molecule is CNC(CCCC(F)(F)F)c1cc(C)nn1C. The van der Waals surface area contributed by atoms with Gasteiger partial charge in [0.25, 0.3) is 0 Å². The van der Waals surface area contributed by atoms with Crippen LogP contribution in [-0.4, -0.2) is 23.0 Å². The highest BCUT2D eigenvalue weighted by Gasteiger charge is 2.27. The van der Waals surface area contributed by atoms with Gasteiger partial charge in [0.1, 0.15) is 0 Å². The lowest BCUT2D eigenvalue weighted by atomic mass is 10.1. The zero-order valence-electron chi connectivity index (χ0n) is 10.3. The molecule has 0 amide bonds. The topological polar surface area (TPSA) is 29.9 Å². The van der Waals surface area contributed by atoms with Crippen molar-refractivity contribution in [3.05, 3.63) is 17.5 Å². The first kappa shape index (κ1) is 14.0. The van der Waals surface area contributed by atoms with Crippen LogP contribution in [0.25, 0.3) is 0 Å². The average Bonchev–Trinajstić information content (AvgIpc) is 2.51. The molecular weight excluding hydrogens is 231 g/mol. The summed E-state index contributed by atoms with van der Waals surface area (Å²) >= 11 is 0. The van der Waals surface area contributed by atoms with Crippen molar-refractivity contribution in [2.75, 3.05) is 7.05 Å². The van der Waals surface area contributed by atoms with Crippen molar-refractivity contribution in [2.45, 2.75) is 38.4 Å². The zero-order chi connectivity index (χ0) is 13.1. The van der Waals surface area contributed by atoms with Gasteiger partial charge in [-0.3, -0.25) is 4.68 Å². The van der Waals surface area contributed by atoms with E-state index in [1.165, 1.54) is 0 Å². The number of nitrogens with zero attached hydrogens (tertiary/aromatic N) is 2. The van der Waals surface area contributed by atoms with Crippen LogP contribution in [0.1, 0.15) is 36.7 Å². The highest BCUT2D eigenvalue weighted by atomic mass is 19.4. The molecule has 0 aliphatic rings. The molecule has 0 saturated carbocycles. The molecule has 0 bridgehead atoms. The van der Waals surface area contributed by atoms with Gasteiger partial charge in [-0.2, -0.15) is 18.3 Å². The number of aryl methyl sites for hydroxylation is 2. The van der Waals surface area contributed by atoms with Crippen LogP contribution in [0.2, 0.25) is 0 Å². The predicted octanol–water partition coefficient (Wildman–Crippen LogP) is 2.72. The van der Waals surface area contributed by atoms with Crippen LogP contribution in [0.5, 0.6) is 0 Å². The fraction of sp³-hybridized carbons (Fsp3) is 0.727. The first-order chi connectivity index (χ1) is 7.83. The minimum Gasteiger partial charge on any atom is -0.312 e. The van der Waals surface area contributed by atoms with E-state index in [2.05, 4.69) is 10.4 Å². The van der Waals surface area contributed by atoms with E-state index in [-0.39, 0.29) is 12.5 Å². The van der Waals surface area contributed by atoms with E-state index in [0.29, 0.717) is 6.42 Å². The molecule has 0 aliphatic heterocycles. The normalized spacial score (nSPS) is 14.0. The van der Waals surface area contributed by atoms with Crippen molar-refractivity contribution in [3.63, 3.8) is 0 Å². The van der Waals surface area contributed by atoms with Gasteiger partial charge in [-0.1, -0.05) is 0 Å². The van der Waals surface area contributed by atoms with E-state index in [9.17, 15) is 13.2 Å². The van der Waals surface area contributed by atoms with Gasteiger partial charge >= 0.3 is 6.18 Å². The molecule has 0 spiro atoms. The third-order valence-corrected chi connectivity index (χ3v) is 2.70. The molecule has 1 aromatic heterocycles. The van der Waals surface area contributed by atoms with Crippen molar-refractivity contribution < 1.29 is 13.2 Å². The number of hydrogen-bond acceptors (Lipinski definition) is 2. The summed E-state index contributed by atoms with van der Waals surface area (Å²) in [5.74, 6) is 0. The predicted molar refractivity (Wildman–Crippen MR) is 59.7 cm³/mol. The molecule has 1 aromatic rings. The Morgan fingerprint density at radius 2 is 2.12 bits per heavy atom. The standard InChI is InChI=1S/C11H18F3N3/c1-8-7-10(17(3)16-8)9(15-2)5-4-6-11(12,13)14/h7,9,15H,4-6H2,1-3H3. The molecule has 0 radical (unpaired) electrons. The molecule has 1 N–H and O–H groups in total. The fourth-order valence-electron chi connectivity index (χ4n) is 1.90. The molecule has 1 rings (SSSR count). The van der Waals surface area contributed by atoms with E-state index in [0.717, 1.165) is 11.4 Å². The summed E-state index contributed by atoms with van der Waals surface area (Å²) < 4.78 is 37.9. The molecule has 0 aromatic carbocycles. The van der Waals surface area contributed by atoms with E-state index in [1.54, 1.807) is 18.8 Å². The summed E-state index contributed by atoms with van der Waals surface area (Å²) in [6.07, 6.45) is -4.23. The Bertz CT molecular complexity index is 357. The highest BCUT2D eigenvalue weighted by Crippen LogP contribution is 2.26. The lowest BCUT2D eigenvalue weighted by molar-refractivity contribution is -0.135. The van der Waals surface area contributed by atoms with Crippen LogP contribution >= 0.6 is 0 Å². The van der Waals surface area contributed by atoms with Crippen molar-refractivity contribution >= 4 is 0 Å². The molecule has 6 heteroatoms. The van der Waals surface area contributed by atoms with Crippen LogP contribution in [-0.2, 0) is 7.05 Å². The summed E-state index contributed by atoms with van der Waals surface area (Å²) in [6.45, 7) is 1.87. The maximum atomic E-state index is 12.1. The molecular formula is C11H18F3N3. The minimum absolute atomic E-state index is 0.0800. The number of nitrogens with one attached hydrogen (secondary N) is 1. The van der Waals surface area contributed by atoms with Crippen molar-refractivity contribution in [1.29, 1.82) is 0 Å².